The Balaban J connectivity index is 2.50. The lowest BCUT2D eigenvalue weighted by Crippen LogP contribution is -2.34. The first-order valence-electron chi connectivity index (χ1n) is 4.28. The number of amides is 1. The molecule has 15 heavy (non-hydrogen) atoms. The first-order chi connectivity index (χ1) is 6.90. The Labute approximate surface area is 95.7 Å². The highest BCUT2D eigenvalue weighted by Crippen LogP contribution is 2.12. The number of carbonyl (C=O) groups excluding carboxylic acids is 1. The highest BCUT2D eigenvalue weighted by Gasteiger charge is 2.20. The van der Waals surface area contributed by atoms with E-state index in [0.29, 0.717) is 27.2 Å². The number of nitrogens with one attached hydrogen (secondary N) is 1. The summed E-state index contributed by atoms with van der Waals surface area (Å²) in [6.45, 7) is 5.34. The first-order valence-corrected chi connectivity index (χ1v) is 6.00. The highest BCUT2D eigenvalue weighted by molar-refractivity contribution is 8.15. The van der Waals surface area contributed by atoms with Crippen LogP contribution in [0.15, 0.2) is 4.99 Å². The Kier molecular flexibility index (Phi) is 3.92. The summed E-state index contributed by atoms with van der Waals surface area (Å²) in [5.74, 6) is 0.513. The molecule has 0 radical (unpaired) electrons. The van der Waals surface area contributed by atoms with Crippen molar-refractivity contribution < 1.29 is 13.7 Å². The van der Waals surface area contributed by atoms with Crippen LogP contribution in [0.25, 0.3) is 0 Å². The maximum atomic E-state index is 11.3. The Morgan fingerprint density at radius 1 is 1.60 bits per heavy atom. The summed E-state index contributed by atoms with van der Waals surface area (Å²) in [6, 6.07) is 0. The summed E-state index contributed by atoms with van der Waals surface area (Å²) in [7, 11) is 0. The van der Waals surface area contributed by atoms with Gasteiger partial charge in [0.2, 0.25) is 0 Å². The first kappa shape index (κ1) is 12.3. The number of carbonyl (C=O) groups is 1. The van der Waals surface area contributed by atoms with Gasteiger partial charge in [-0.3, -0.25) is 5.32 Å². The van der Waals surface area contributed by atoms with Crippen molar-refractivity contribution in [3.63, 3.8) is 0 Å². The van der Waals surface area contributed by atoms with E-state index in [1.165, 1.54) is 11.8 Å². The monoisotopic (exact) mass is 248 g/mol. The molecule has 1 aliphatic heterocycles. The molecule has 0 atom stereocenters. The molecule has 0 saturated carbocycles. The van der Waals surface area contributed by atoms with Crippen molar-refractivity contribution in [2.45, 2.75) is 26.4 Å². The van der Waals surface area contributed by atoms with E-state index in [4.69, 9.17) is 4.74 Å². The van der Waals surface area contributed by atoms with Gasteiger partial charge in [-0.1, -0.05) is 11.8 Å². The summed E-state index contributed by atoms with van der Waals surface area (Å²) >= 11 is 1.65. The lowest BCUT2D eigenvalue weighted by molar-refractivity contribution is 0.0564. The molecule has 0 unspecified atom stereocenters. The van der Waals surface area contributed by atoms with Crippen molar-refractivity contribution in [1.29, 1.82) is 0 Å². The van der Waals surface area contributed by atoms with Crippen LogP contribution in [0.4, 0.5) is 4.79 Å². The van der Waals surface area contributed by atoms with Gasteiger partial charge >= 0.3 is 6.09 Å². The SMILES string of the molecule is CC(C)(C)OC(=O)NC1=NC(=S=O)CS1. The predicted molar refractivity (Wildman–Crippen MR) is 62.4 cm³/mol. The molecule has 0 fully saturated rings. The Morgan fingerprint density at radius 3 is 2.73 bits per heavy atom. The normalized spacial score (nSPS) is 15.9. The zero-order chi connectivity index (χ0) is 11.5. The number of nitrogens with zero attached hydrogens (tertiary/aromatic N) is 1. The molecule has 0 aromatic heterocycles. The van der Waals surface area contributed by atoms with Gasteiger partial charge in [0.1, 0.15) is 21.8 Å². The van der Waals surface area contributed by atoms with Crippen molar-refractivity contribution in [3.05, 3.63) is 0 Å². The van der Waals surface area contributed by atoms with Crippen LogP contribution in [0.3, 0.4) is 0 Å². The molecule has 0 aliphatic carbocycles. The van der Waals surface area contributed by atoms with Crippen LogP contribution >= 0.6 is 11.8 Å². The van der Waals surface area contributed by atoms with Gasteiger partial charge in [0.15, 0.2) is 5.17 Å². The van der Waals surface area contributed by atoms with Gasteiger partial charge in [0.05, 0.1) is 5.75 Å². The van der Waals surface area contributed by atoms with Gasteiger partial charge in [-0.25, -0.2) is 14.0 Å². The Hall–Kier alpha value is -0.820. The van der Waals surface area contributed by atoms with Crippen LogP contribution in [0, 0.1) is 0 Å². The van der Waals surface area contributed by atoms with Gasteiger partial charge in [-0.15, -0.1) is 0 Å². The number of hydrogen-bond donors (Lipinski definition) is 1. The molecule has 1 rings (SSSR count). The third-order valence-corrected chi connectivity index (χ3v) is 2.76. The van der Waals surface area contributed by atoms with Crippen molar-refractivity contribution in [2.24, 2.45) is 4.99 Å². The smallest absolute Gasteiger partial charge is 0.413 e. The van der Waals surface area contributed by atoms with Gasteiger partial charge in [0.25, 0.3) is 0 Å². The minimum atomic E-state index is -0.550. The number of alkyl carbamates (subject to hydrolysis) is 1. The number of ether oxygens (including phenoxy) is 1. The van der Waals surface area contributed by atoms with E-state index < -0.39 is 11.7 Å². The Bertz CT molecular complexity index is 353. The third-order valence-electron chi connectivity index (χ3n) is 1.26. The number of hydrogen-bond acceptors (Lipinski definition) is 4. The second kappa shape index (κ2) is 4.80. The van der Waals surface area contributed by atoms with Crippen molar-refractivity contribution in [2.75, 3.05) is 5.75 Å². The van der Waals surface area contributed by atoms with Crippen LogP contribution in [0.1, 0.15) is 20.8 Å². The van der Waals surface area contributed by atoms with E-state index in [1.54, 1.807) is 20.8 Å². The average Bonchev–Trinajstić information content (AvgIpc) is 2.48. The summed E-state index contributed by atoms with van der Waals surface area (Å²) < 4.78 is 15.4. The lowest BCUT2D eigenvalue weighted by atomic mass is 10.2. The molecule has 1 heterocycles. The molecular weight excluding hydrogens is 236 g/mol. The van der Waals surface area contributed by atoms with Gasteiger partial charge in [-0.05, 0) is 20.8 Å². The van der Waals surface area contributed by atoms with Crippen molar-refractivity contribution >= 4 is 39.3 Å². The number of aliphatic imine (C=N–C) groups is 1. The fourth-order valence-corrected chi connectivity index (χ4v) is 2.02. The predicted octanol–water partition coefficient (Wildman–Crippen LogP) is 0.957. The van der Waals surface area contributed by atoms with Crippen LogP contribution in [0.2, 0.25) is 0 Å². The minimum Gasteiger partial charge on any atom is -0.444 e. The second-order valence-corrected chi connectivity index (χ2v) is 5.41. The van der Waals surface area contributed by atoms with Crippen molar-refractivity contribution in [1.82, 2.24) is 5.32 Å². The molecule has 0 aromatic rings. The van der Waals surface area contributed by atoms with Gasteiger partial charge < -0.3 is 4.74 Å². The maximum absolute atomic E-state index is 11.3. The minimum absolute atomic E-state index is 0.343. The van der Waals surface area contributed by atoms with E-state index in [-0.39, 0.29) is 0 Å². The fourth-order valence-electron chi connectivity index (χ4n) is 0.806. The molecule has 1 aliphatic rings. The van der Waals surface area contributed by atoms with Crippen molar-refractivity contribution in [3.8, 4) is 0 Å². The quantitative estimate of drug-likeness (QED) is 0.648. The summed E-state index contributed by atoms with van der Waals surface area (Å²) in [5.41, 5.74) is -0.534. The molecule has 0 saturated heterocycles. The van der Waals surface area contributed by atoms with Gasteiger partial charge in [-0.2, -0.15) is 0 Å². The largest absolute Gasteiger partial charge is 0.444 e. The van der Waals surface area contributed by atoms with E-state index in [9.17, 15) is 9.00 Å². The molecule has 1 N–H and O–H groups in total. The van der Waals surface area contributed by atoms with Gasteiger partial charge in [0, 0.05) is 0 Å². The molecule has 84 valence electrons. The number of thioether (sulfide) groups is 1. The number of amidine groups is 1. The van der Waals surface area contributed by atoms with Crippen LogP contribution in [-0.4, -0.2) is 31.8 Å². The van der Waals surface area contributed by atoms with E-state index in [2.05, 4.69) is 10.3 Å². The van der Waals surface area contributed by atoms with Crippen LogP contribution in [-0.2, 0) is 16.0 Å². The van der Waals surface area contributed by atoms with E-state index in [1.807, 2.05) is 0 Å². The third kappa shape index (κ3) is 4.48. The molecule has 0 spiro atoms. The molecule has 0 aromatic carbocycles. The van der Waals surface area contributed by atoms with Crippen LogP contribution in [0.5, 0.6) is 0 Å². The van der Waals surface area contributed by atoms with E-state index in [0.717, 1.165) is 0 Å². The summed E-state index contributed by atoms with van der Waals surface area (Å²) in [5, 5.41) is 2.90. The standard InChI is InChI=1S/C8H12N2O3S2/c1-8(2,3)13-7(11)10-6-9-5(15-12)4-14-6/h4H2,1-3H3,(H,9,10,11). The molecular formula is C8H12N2O3S2. The lowest BCUT2D eigenvalue weighted by Gasteiger charge is -2.19. The second-order valence-electron chi connectivity index (χ2n) is 3.81. The summed E-state index contributed by atoms with van der Waals surface area (Å²) in [4.78, 5) is 15.7. The molecule has 0 bridgehead atoms. The molecule has 1 amide bonds. The van der Waals surface area contributed by atoms with Crippen LogP contribution < -0.4 is 5.32 Å². The Morgan fingerprint density at radius 2 is 2.27 bits per heavy atom. The maximum Gasteiger partial charge on any atom is 0.413 e. The average molecular weight is 248 g/mol. The zero-order valence-electron chi connectivity index (χ0n) is 8.70. The number of rotatable bonds is 0. The molecule has 7 heteroatoms. The topological polar surface area (TPSA) is 67.8 Å². The fraction of sp³-hybridized carbons (Fsp3) is 0.625. The molecule has 5 nitrogen and oxygen atoms in total. The summed E-state index contributed by atoms with van der Waals surface area (Å²) in [6.07, 6.45) is -0.550. The highest BCUT2D eigenvalue weighted by atomic mass is 32.2. The zero-order valence-corrected chi connectivity index (χ0v) is 10.3. The van der Waals surface area contributed by atoms with E-state index >= 15 is 0 Å².